The molecule has 0 aliphatic carbocycles. The number of sulfonamides is 1. The van der Waals surface area contributed by atoms with E-state index in [-0.39, 0.29) is 33.5 Å². The van der Waals surface area contributed by atoms with Gasteiger partial charge >= 0.3 is 12.1 Å². The SMILES string of the molecule is CCn1cc(S(=O)(=O)N2c3cc(CC(=O)OC(C)(C)C(F)(F)F)ccc3O[C@H](CC(C)(C)C=O)[C@H]2C)c(Cl)n1. The first-order valence-electron chi connectivity index (χ1n) is 12.1. The molecule has 0 radical (unpaired) electrons. The molecular weight excluding hydrogens is 563 g/mol. The Balaban J connectivity index is 2.07. The molecule has 0 spiro atoms. The molecule has 0 N–H and O–H groups in total. The van der Waals surface area contributed by atoms with Gasteiger partial charge in [0.1, 0.15) is 23.0 Å². The average molecular weight is 594 g/mol. The molecule has 0 unspecified atom stereocenters. The number of aryl methyl sites for hydroxylation is 1. The molecule has 1 aromatic heterocycles. The van der Waals surface area contributed by atoms with Gasteiger partial charge in [-0.3, -0.25) is 13.8 Å². The number of halogens is 4. The summed E-state index contributed by atoms with van der Waals surface area (Å²) in [5.41, 5.74) is -3.27. The zero-order chi connectivity index (χ0) is 29.6. The zero-order valence-electron chi connectivity index (χ0n) is 22.4. The normalized spacial score (nSPS) is 18.4. The van der Waals surface area contributed by atoms with E-state index in [0.717, 1.165) is 24.4 Å². The van der Waals surface area contributed by atoms with Crippen LogP contribution in [0.2, 0.25) is 5.15 Å². The van der Waals surface area contributed by atoms with E-state index in [2.05, 4.69) is 9.84 Å². The van der Waals surface area contributed by atoms with E-state index in [1.807, 2.05) is 0 Å². The molecule has 0 saturated carbocycles. The summed E-state index contributed by atoms with van der Waals surface area (Å²) in [7, 11) is -4.35. The number of benzene rings is 1. The van der Waals surface area contributed by atoms with E-state index in [1.54, 1.807) is 27.7 Å². The first kappa shape index (κ1) is 30.7. The van der Waals surface area contributed by atoms with Crippen LogP contribution in [0, 0.1) is 5.41 Å². The fourth-order valence-electron chi connectivity index (χ4n) is 4.07. The number of fused-ring (bicyclic) bond motifs is 1. The molecule has 3 rings (SSSR count). The van der Waals surface area contributed by atoms with Crippen molar-refractivity contribution < 1.29 is 40.7 Å². The van der Waals surface area contributed by atoms with E-state index in [9.17, 15) is 31.2 Å². The zero-order valence-corrected chi connectivity index (χ0v) is 23.9. The van der Waals surface area contributed by atoms with Crippen LogP contribution < -0.4 is 9.04 Å². The summed E-state index contributed by atoms with van der Waals surface area (Å²) >= 11 is 6.20. The number of ether oxygens (including phenoxy) is 2. The van der Waals surface area contributed by atoms with Crippen molar-refractivity contribution in [2.24, 2.45) is 5.41 Å². The Morgan fingerprint density at radius 3 is 2.41 bits per heavy atom. The summed E-state index contributed by atoms with van der Waals surface area (Å²) in [6.07, 6.45) is -3.83. The average Bonchev–Trinajstić information content (AvgIpc) is 3.20. The Bertz CT molecular complexity index is 1360. The standard InChI is InChI=1S/C25H31ClF3N3O6S/c1-7-31-13-20(22(26)30-31)39(35,36)32-15(2)19(12-23(3,4)14-33)37-18-9-8-16(10-17(18)32)11-21(34)38-24(5,6)25(27,28)29/h8-10,13-15,19H,7,11-12H2,1-6H3/t15-,19-/m1/s1. The number of carbonyl (C=O) groups is 2. The number of aromatic nitrogens is 2. The number of hydrogen-bond acceptors (Lipinski definition) is 7. The Morgan fingerprint density at radius 1 is 1.23 bits per heavy atom. The second-order valence-corrected chi connectivity index (χ2v) is 12.8. The van der Waals surface area contributed by atoms with Gasteiger partial charge in [-0.2, -0.15) is 18.3 Å². The van der Waals surface area contributed by atoms with Crippen LogP contribution in [0.3, 0.4) is 0 Å². The van der Waals surface area contributed by atoms with Crippen LogP contribution in [0.4, 0.5) is 18.9 Å². The number of anilines is 1. The predicted octanol–water partition coefficient (Wildman–Crippen LogP) is 4.94. The lowest BCUT2D eigenvalue weighted by molar-refractivity contribution is -0.257. The summed E-state index contributed by atoms with van der Waals surface area (Å²) in [6.45, 7) is 8.60. The lowest BCUT2D eigenvalue weighted by Gasteiger charge is -2.42. The molecule has 0 amide bonds. The minimum absolute atomic E-state index is 0.0587. The predicted molar refractivity (Wildman–Crippen MR) is 137 cm³/mol. The van der Waals surface area contributed by atoms with Gasteiger partial charge < -0.3 is 14.3 Å². The third kappa shape index (κ3) is 6.34. The first-order valence-corrected chi connectivity index (χ1v) is 14.0. The number of carbonyl (C=O) groups excluding carboxylic acids is 2. The van der Waals surface area contributed by atoms with Crippen molar-refractivity contribution in [3.05, 3.63) is 35.1 Å². The molecule has 0 saturated heterocycles. The van der Waals surface area contributed by atoms with Crippen LogP contribution >= 0.6 is 11.6 Å². The monoisotopic (exact) mass is 593 g/mol. The quantitative estimate of drug-likeness (QED) is 0.299. The third-order valence-electron chi connectivity index (χ3n) is 6.44. The van der Waals surface area contributed by atoms with E-state index >= 15 is 0 Å². The summed E-state index contributed by atoms with van der Waals surface area (Å²) in [4.78, 5) is 23.7. The molecule has 9 nitrogen and oxygen atoms in total. The van der Waals surface area contributed by atoms with Crippen molar-refractivity contribution in [1.29, 1.82) is 0 Å². The molecule has 2 heterocycles. The van der Waals surface area contributed by atoms with Crippen LogP contribution in [0.25, 0.3) is 0 Å². The van der Waals surface area contributed by atoms with Gasteiger partial charge in [0.25, 0.3) is 10.0 Å². The second kappa shape index (κ2) is 10.6. The number of nitrogens with zero attached hydrogens (tertiary/aromatic N) is 3. The molecule has 2 aromatic rings. The van der Waals surface area contributed by atoms with Crippen molar-refractivity contribution in [2.75, 3.05) is 4.31 Å². The van der Waals surface area contributed by atoms with Crippen molar-refractivity contribution in [2.45, 2.75) is 89.7 Å². The van der Waals surface area contributed by atoms with Gasteiger partial charge in [0.15, 0.2) is 5.15 Å². The minimum atomic E-state index is -4.78. The van der Waals surface area contributed by atoms with Gasteiger partial charge in [-0.15, -0.1) is 0 Å². The Kier molecular flexibility index (Phi) is 8.39. The third-order valence-corrected chi connectivity index (χ3v) is 8.73. The molecule has 14 heteroatoms. The Morgan fingerprint density at radius 2 is 1.87 bits per heavy atom. The van der Waals surface area contributed by atoms with E-state index in [1.165, 1.54) is 29.1 Å². The highest BCUT2D eigenvalue weighted by Gasteiger charge is 2.51. The van der Waals surface area contributed by atoms with Gasteiger partial charge in [0.05, 0.1) is 18.2 Å². The Hall–Kier alpha value is -2.80. The van der Waals surface area contributed by atoms with Gasteiger partial charge in [0.2, 0.25) is 5.60 Å². The minimum Gasteiger partial charge on any atom is -0.486 e. The summed E-state index contributed by atoms with van der Waals surface area (Å²) < 4.78 is 80.7. The maximum atomic E-state index is 14.0. The first-order chi connectivity index (χ1) is 17.8. The molecule has 2 atom stereocenters. The number of esters is 1. The van der Waals surface area contributed by atoms with Crippen LogP contribution in [0.15, 0.2) is 29.3 Å². The maximum Gasteiger partial charge on any atom is 0.427 e. The fraction of sp³-hybridized carbons (Fsp3) is 0.560. The van der Waals surface area contributed by atoms with Crippen LogP contribution in [0.1, 0.15) is 53.5 Å². The van der Waals surface area contributed by atoms with Crippen LogP contribution in [0.5, 0.6) is 5.75 Å². The summed E-state index contributed by atoms with van der Waals surface area (Å²) in [5, 5.41) is 3.78. The number of aldehydes is 1. The lowest BCUT2D eigenvalue weighted by atomic mass is 9.86. The van der Waals surface area contributed by atoms with Gasteiger partial charge in [-0.05, 0) is 51.8 Å². The fourth-order valence-corrected chi connectivity index (χ4v) is 6.20. The van der Waals surface area contributed by atoms with Crippen molar-refractivity contribution >= 4 is 39.6 Å². The van der Waals surface area contributed by atoms with Gasteiger partial charge in [0, 0.05) is 18.2 Å². The highest BCUT2D eigenvalue weighted by molar-refractivity contribution is 7.93. The van der Waals surface area contributed by atoms with Crippen LogP contribution in [-0.4, -0.2) is 54.4 Å². The molecule has 1 aromatic carbocycles. The molecule has 39 heavy (non-hydrogen) atoms. The van der Waals surface area contributed by atoms with E-state index in [4.69, 9.17) is 16.3 Å². The molecule has 0 bridgehead atoms. The summed E-state index contributed by atoms with van der Waals surface area (Å²) in [5.74, 6) is -0.996. The van der Waals surface area contributed by atoms with E-state index in [0.29, 0.717) is 6.54 Å². The maximum absolute atomic E-state index is 14.0. The molecule has 1 aliphatic rings. The molecule has 1 aliphatic heterocycles. The van der Waals surface area contributed by atoms with Gasteiger partial charge in [-0.1, -0.05) is 31.5 Å². The molecule has 0 fully saturated rings. The Labute approximate surface area is 230 Å². The van der Waals surface area contributed by atoms with E-state index < -0.39 is 51.8 Å². The van der Waals surface area contributed by atoms with Gasteiger partial charge in [-0.25, -0.2) is 8.42 Å². The lowest BCUT2D eigenvalue weighted by Crippen LogP contribution is -2.52. The second-order valence-electron chi connectivity index (χ2n) is 10.6. The number of alkyl halides is 3. The smallest absolute Gasteiger partial charge is 0.427 e. The highest BCUT2D eigenvalue weighted by Crippen LogP contribution is 2.43. The largest absolute Gasteiger partial charge is 0.486 e. The van der Waals surface area contributed by atoms with Crippen LogP contribution in [-0.2, 0) is 37.3 Å². The van der Waals surface area contributed by atoms with Crippen molar-refractivity contribution in [1.82, 2.24) is 9.78 Å². The number of rotatable bonds is 9. The molecular formula is C25H31ClF3N3O6S. The number of hydrogen-bond donors (Lipinski definition) is 0. The highest BCUT2D eigenvalue weighted by atomic mass is 35.5. The van der Waals surface area contributed by atoms with Crippen molar-refractivity contribution in [3.8, 4) is 5.75 Å². The molecule has 216 valence electrons. The summed E-state index contributed by atoms with van der Waals surface area (Å²) in [6, 6.07) is 3.38. The topological polar surface area (TPSA) is 108 Å². The van der Waals surface area contributed by atoms with Crippen molar-refractivity contribution in [3.63, 3.8) is 0 Å².